The minimum absolute atomic E-state index is 0.107. The van der Waals surface area contributed by atoms with Gasteiger partial charge < -0.3 is 10.6 Å². The number of halogens is 1. The molecular formula is C16H18FN3O. The summed E-state index contributed by atoms with van der Waals surface area (Å²) in [5.74, 6) is -0.544. The third-order valence-corrected chi connectivity index (χ3v) is 3.14. The molecule has 1 amide bonds. The monoisotopic (exact) mass is 287 g/mol. The van der Waals surface area contributed by atoms with Crippen LogP contribution in [0.3, 0.4) is 0 Å². The number of benzene rings is 1. The number of aromatic nitrogens is 1. The molecule has 1 atom stereocenters. The van der Waals surface area contributed by atoms with Gasteiger partial charge in [0.05, 0.1) is 17.6 Å². The Labute approximate surface area is 123 Å². The Morgan fingerprint density at radius 1 is 1.29 bits per heavy atom. The Balaban J connectivity index is 2.05. The normalized spacial score (nSPS) is 11.8. The average molecular weight is 287 g/mol. The number of para-hydroxylation sites is 1. The van der Waals surface area contributed by atoms with Crippen LogP contribution in [0.5, 0.6) is 0 Å². The Morgan fingerprint density at radius 3 is 2.67 bits per heavy atom. The van der Waals surface area contributed by atoms with Crippen molar-refractivity contribution in [2.45, 2.75) is 26.3 Å². The van der Waals surface area contributed by atoms with Crippen molar-refractivity contribution in [3.8, 4) is 0 Å². The first-order valence-electron chi connectivity index (χ1n) is 6.88. The van der Waals surface area contributed by atoms with E-state index in [0.717, 1.165) is 6.42 Å². The third kappa shape index (κ3) is 4.02. The lowest BCUT2D eigenvalue weighted by molar-refractivity contribution is 0.0934. The van der Waals surface area contributed by atoms with Gasteiger partial charge in [-0.2, -0.15) is 0 Å². The number of amides is 1. The van der Waals surface area contributed by atoms with Crippen LogP contribution < -0.4 is 10.6 Å². The molecule has 0 aliphatic carbocycles. The summed E-state index contributed by atoms with van der Waals surface area (Å²) in [6.07, 6.45) is 2.37. The molecule has 0 aliphatic rings. The van der Waals surface area contributed by atoms with Crippen molar-refractivity contribution >= 4 is 17.3 Å². The van der Waals surface area contributed by atoms with E-state index < -0.39 is 0 Å². The molecule has 2 rings (SSSR count). The van der Waals surface area contributed by atoms with Crippen LogP contribution in [0.4, 0.5) is 15.8 Å². The van der Waals surface area contributed by atoms with Gasteiger partial charge in [-0.05, 0) is 37.6 Å². The summed E-state index contributed by atoms with van der Waals surface area (Å²) in [5, 5.41) is 5.76. The quantitative estimate of drug-likeness (QED) is 0.885. The molecule has 0 fully saturated rings. The van der Waals surface area contributed by atoms with Crippen molar-refractivity contribution in [1.29, 1.82) is 0 Å². The summed E-state index contributed by atoms with van der Waals surface area (Å²) in [4.78, 5) is 16.0. The second kappa shape index (κ2) is 6.83. The topological polar surface area (TPSA) is 54.0 Å². The van der Waals surface area contributed by atoms with Crippen LogP contribution in [0, 0.1) is 5.82 Å². The summed E-state index contributed by atoms with van der Waals surface area (Å²) in [5.41, 5.74) is 1.34. The molecule has 110 valence electrons. The molecular weight excluding hydrogens is 269 g/mol. The minimum atomic E-state index is -0.337. The van der Waals surface area contributed by atoms with Gasteiger partial charge >= 0.3 is 0 Å². The van der Waals surface area contributed by atoms with E-state index in [2.05, 4.69) is 15.6 Å². The number of nitrogens with one attached hydrogen (secondary N) is 2. The molecule has 21 heavy (non-hydrogen) atoms. The van der Waals surface area contributed by atoms with Crippen LogP contribution in [0.2, 0.25) is 0 Å². The number of anilines is 2. The van der Waals surface area contributed by atoms with Gasteiger partial charge in [-0.15, -0.1) is 0 Å². The maximum absolute atomic E-state index is 13.5. The van der Waals surface area contributed by atoms with E-state index in [1.807, 2.05) is 13.8 Å². The Hall–Kier alpha value is -2.43. The number of rotatable bonds is 5. The zero-order valence-electron chi connectivity index (χ0n) is 12.1. The molecule has 1 aromatic heterocycles. The number of hydrogen-bond donors (Lipinski definition) is 2. The first-order chi connectivity index (χ1) is 10.1. The smallest absolute Gasteiger partial charge is 0.270 e. The van der Waals surface area contributed by atoms with Crippen LogP contribution in [-0.2, 0) is 0 Å². The van der Waals surface area contributed by atoms with E-state index in [4.69, 9.17) is 0 Å². The van der Waals surface area contributed by atoms with Crippen LogP contribution in [0.15, 0.2) is 42.6 Å². The minimum Gasteiger partial charge on any atom is -0.352 e. The first-order valence-corrected chi connectivity index (χ1v) is 6.88. The highest BCUT2D eigenvalue weighted by atomic mass is 19.1. The van der Waals surface area contributed by atoms with Gasteiger partial charge in [-0.1, -0.05) is 19.1 Å². The van der Waals surface area contributed by atoms with Crippen molar-refractivity contribution < 1.29 is 9.18 Å². The molecule has 0 bridgehead atoms. The number of carbonyl (C=O) groups excluding carboxylic acids is 1. The summed E-state index contributed by atoms with van der Waals surface area (Å²) < 4.78 is 13.5. The zero-order chi connectivity index (χ0) is 15.2. The van der Waals surface area contributed by atoms with Gasteiger partial charge in [0, 0.05) is 6.04 Å². The SMILES string of the molecule is CCC(C)NC(=O)c1ccc(Nc2ccccc2F)cn1. The molecule has 1 heterocycles. The summed E-state index contributed by atoms with van der Waals surface area (Å²) in [7, 11) is 0. The van der Waals surface area contributed by atoms with Crippen molar-refractivity contribution in [3.05, 3.63) is 54.1 Å². The third-order valence-electron chi connectivity index (χ3n) is 3.14. The van der Waals surface area contributed by atoms with Crippen molar-refractivity contribution in [1.82, 2.24) is 10.3 Å². The standard InChI is InChI=1S/C16H18FN3O/c1-3-11(2)19-16(21)15-9-8-12(10-18-15)20-14-7-5-4-6-13(14)17/h4-11,20H,3H2,1-2H3,(H,19,21). The van der Waals surface area contributed by atoms with Crippen LogP contribution >= 0.6 is 0 Å². The second-order valence-corrected chi connectivity index (χ2v) is 4.82. The molecule has 2 aromatic rings. The fourth-order valence-corrected chi connectivity index (χ4v) is 1.72. The van der Waals surface area contributed by atoms with Gasteiger partial charge in [0.15, 0.2) is 0 Å². The van der Waals surface area contributed by atoms with Crippen LogP contribution in [0.1, 0.15) is 30.8 Å². The van der Waals surface area contributed by atoms with Crippen LogP contribution in [-0.4, -0.2) is 16.9 Å². The summed E-state index contributed by atoms with van der Waals surface area (Å²) >= 11 is 0. The lowest BCUT2D eigenvalue weighted by Gasteiger charge is -2.11. The highest BCUT2D eigenvalue weighted by molar-refractivity contribution is 5.92. The van der Waals surface area contributed by atoms with E-state index in [0.29, 0.717) is 17.1 Å². The Morgan fingerprint density at radius 2 is 2.05 bits per heavy atom. The summed E-state index contributed by atoms with van der Waals surface area (Å²) in [6, 6.07) is 9.80. The molecule has 1 aromatic carbocycles. The van der Waals surface area contributed by atoms with Crippen molar-refractivity contribution in [2.75, 3.05) is 5.32 Å². The zero-order valence-corrected chi connectivity index (χ0v) is 12.1. The van der Waals surface area contributed by atoms with E-state index >= 15 is 0 Å². The number of pyridine rings is 1. The molecule has 0 spiro atoms. The lowest BCUT2D eigenvalue weighted by atomic mass is 10.2. The highest BCUT2D eigenvalue weighted by Crippen LogP contribution is 2.18. The fourth-order valence-electron chi connectivity index (χ4n) is 1.72. The molecule has 0 aliphatic heterocycles. The molecule has 5 heteroatoms. The van der Waals surface area contributed by atoms with Gasteiger partial charge in [0.25, 0.3) is 5.91 Å². The molecule has 0 saturated heterocycles. The Kier molecular flexibility index (Phi) is 4.87. The number of nitrogens with zero attached hydrogens (tertiary/aromatic N) is 1. The Bertz CT molecular complexity index is 613. The van der Waals surface area contributed by atoms with Gasteiger partial charge in [0.2, 0.25) is 0 Å². The van der Waals surface area contributed by atoms with Crippen molar-refractivity contribution in [2.24, 2.45) is 0 Å². The predicted molar refractivity (Wildman–Crippen MR) is 81.1 cm³/mol. The largest absolute Gasteiger partial charge is 0.352 e. The van der Waals surface area contributed by atoms with Gasteiger partial charge in [-0.3, -0.25) is 4.79 Å². The summed E-state index contributed by atoms with van der Waals surface area (Å²) in [6.45, 7) is 3.94. The molecule has 0 radical (unpaired) electrons. The van der Waals surface area contributed by atoms with Crippen molar-refractivity contribution in [3.63, 3.8) is 0 Å². The maximum atomic E-state index is 13.5. The number of carbonyl (C=O) groups is 1. The molecule has 2 N–H and O–H groups in total. The highest BCUT2D eigenvalue weighted by Gasteiger charge is 2.10. The van der Waals surface area contributed by atoms with E-state index in [9.17, 15) is 9.18 Å². The predicted octanol–water partition coefficient (Wildman–Crippen LogP) is 3.49. The molecule has 4 nitrogen and oxygen atoms in total. The van der Waals surface area contributed by atoms with E-state index in [1.165, 1.54) is 12.3 Å². The second-order valence-electron chi connectivity index (χ2n) is 4.82. The van der Waals surface area contributed by atoms with Crippen LogP contribution in [0.25, 0.3) is 0 Å². The van der Waals surface area contributed by atoms with E-state index in [1.54, 1.807) is 30.3 Å². The first kappa shape index (κ1) is 15.0. The number of hydrogen-bond acceptors (Lipinski definition) is 3. The maximum Gasteiger partial charge on any atom is 0.270 e. The molecule has 1 unspecified atom stereocenters. The van der Waals surface area contributed by atoms with E-state index in [-0.39, 0.29) is 17.8 Å². The van der Waals surface area contributed by atoms with Gasteiger partial charge in [-0.25, -0.2) is 9.37 Å². The van der Waals surface area contributed by atoms with Gasteiger partial charge in [0.1, 0.15) is 11.5 Å². The lowest BCUT2D eigenvalue weighted by Crippen LogP contribution is -2.32. The average Bonchev–Trinajstić information content (AvgIpc) is 2.50. The fraction of sp³-hybridized carbons (Fsp3) is 0.250. The molecule has 0 saturated carbocycles.